The lowest BCUT2D eigenvalue weighted by Gasteiger charge is -2.38. The van der Waals surface area contributed by atoms with Crippen molar-refractivity contribution in [3.05, 3.63) is 71.5 Å². The van der Waals surface area contributed by atoms with Gasteiger partial charge in [0.2, 0.25) is 0 Å². The van der Waals surface area contributed by atoms with Crippen LogP contribution in [0.5, 0.6) is 0 Å². The predicted molar refractivity (Wildman–Crippen MR) is 93.9 cm³/mol. The van der Waals surface area contributed by atoms with Crippen molar-refractivity contribution in [2.24, 2.45) is 0 Å². The highest BCUT2D eigenvalue weighted by Gasteiger charge is 2.44. The Morgan fingerprint density at radius 1 is 0.773 bits per heavy atom. The van der Waals surface area contributed by atoms with Gasteiger partial charge in [0.1, 0.15) is 5.71 Å². The number of benzene rings is 2. The van der Waals surface area contributed by atoms with Gasteiger partial charge in [-0.3, -0.25) is 0 Å². The van der Waals surface area contributed by atoms with Gasteiger partial charge in [0, 0.05) is 13.0 Å². The second-order valence-electron chi connectivity index (χ2n) is 6.20. The first kappa shape index (κ1) is 14.6. The molecule has 0 radical (unpaired) electrons. The topological polar surface area (TPSA) is 23.2 Å². The van der Waals surface area contributed by atoms with Crippen molar-refractivity contribution < 1.29 is 9.56 Å². The standard InChI is InChI=1S/C19H22BNO/c1-14-9-5-7-11-18(14)20(19-12-8-6-10-15(19)2)21-16(3)13-17(4)22-20/h5-13,21H,1-4H3. The van der Waals surface area contributed by atoms with Gasteiger partial charge in [0.25, 0.3) is 0 Å². The quantitative estimate of drug-likeness (QED) is 0.829. The maximum Gasteiger partial charge on any atom is 0.507 e. The molecule has 1 aliphatic rings. The zero-order chi connectivity index (χ0) is 15.7. The highest BCUT2D eigenvalue weighted by molar-refractivity contribution is 6.91. The zero-order valence-electron chi connectivity index (χ0n) is 13.7. The number of hydrogen-bond acceptors (Lipinski definition) is 1. The van der Waals surface area contributed by atoms with Gasteiger partial charge in [0.05, 0.1) is 5.76 Å². The summed E-state index contributed by atoms with van der Waals surface area (Å²) in [6.45, 7) is 6.92. The average molecular weight is 291 g/mol. The van der Waals surface area contributed by atoms with E-state index in [1.807, 2.05) is 6.92 Å². The van der Waals surface area contributed by atoms with Gasteiger partial charge in [-0.2, -0.15) is 0 Å². The summed E-state index contributed by atoms with van der Waals surface area (Å²) in [7, 11) is 0. The van der Waals surface area contributed by atoms with Crippen LogP contribution in [0.1, 0.15) is 25.0 Å². The van der Waals surface area contributed by atoms with E-state index < -0.39 is 6.48 Å². The summed E-state index contributed by atoms with van der Waals surface area (Å²) in [6, 6.07) is 16.9. The Morgan fingerprint density at radius 2 is 1.27 bits per heavy atom. The number of rotatable bonds is 2. The lowest BCUT2D eigenvalue weighted by molar-refractivity contribution is -0.323. The van der Waals surface area contributed by atoms with Crippen LogP contribution in [0, 0.1) is 13.8 Å². The molecule has 0 aromatic heterocycles. The Labute approximate surface area is 132 Å². The molecule has 1 heterocycles. The van der Waals surface area contributed by atoms with Crippen molar-refractivity contribution in [2.75, 3.05) is 0 Å². The lowest BCUT2D eigenvalue weighted by Crippen LogP contribution is -3.01. The molecule has 2 aromatic rings. The molecule has 22 heavy (non-hydrogen) atoms. The molecule has 0 atom stereocenters. The smallest absolute Gasteiger partial charge is 0.507 e. The summed E-state index contributed by atoms with van der Waals surface area (Å²) in [5.41, 5.74) is 6.03. The normalized spacial score (nSPS) is 16.5. The monoisotopic (exact) mass is 291 g/mol. The van der Waals surface area contributed by atoms with Gasteiger partial charge < -0.3 is 9.56 Å². The van der Waals surface area contributed by atoms with Gasteiger partial charge in [-0.25, -0.2) is 0 Å². The molecule has 2 nitrogen and oxygen atoms in total. The van der Waals surface area contributed by atoms with Gasteiger partial charge in [0.15, 0.2) is 0 Å². The van der Waals surface area contributed by atoms with Gasteiger partial charge in [-0.15, -0.1) is 0 Å². The van der Waals surface area contributed by atoms with Crippen molar-refractivity contribution in [3.8, 4) is 0 Å². The molecule has 0 unspecified atom stereocenters. The second kappa shape index (κ2) is 5.49. The van der Waals surface area contributed by atoms with E-state index in [1.54, 1.807) is 0 Å². The third-order valence-electron chi connectivity index (χ3n) is 4.47. The molecule has 0 amide bonds. The molecule has 3 rings (SSSR count). The third kappa shape index (κ3) is 2.37. The zero-order valence-corrected chi connectivity index (χ0v) is 13.7. The van der Waals surface area contributed by atoms with Crippen LogP contribution in [0.2, 0.25) is 0 Å². The molecule has 0 fully saturated rings. The summed E-state index contributed by atoms with van der Waals surface area (Å²) in [5.74, 6) is 0.947. The SMILES string of the molecule is CC1=CC(C)=[NH+][B-](c2ccccc2C)(c2ccccc2C)O1. The van der Waals surface area contributed by atoms with Crippen molar-refractivity contribution in [1.29, 1.82) is 0 Å². The summed E-state index contributed by atoms with van der Waals surface area (Å²) in [6.07, 6.45) is 2.05. The number of allylic oxidation sites excluding steroid dienone is 2. The van der Waals surface area contributed by atoms with Crippen LogP contribution in [0.25, 0.3) is 0 Å². The van der Waals surface area contributed by atoms with E-state index in [9.17, 15) is 0 Å². The molecular formula is C19H22BNO. The Morgan fingerprint density at radius 3 is 1.73 bits per heavy atom. The third-order valence-corrected chi connectivity index (χ3v) is 4.47. The maximum absolute atomic E-state index is 6.47. The minimum atomic E-state index is -1.49. The first-order chi connectivity index (χ1) is 10.5. The summed E-state index contributed by atoms with van der Waals surface area (Å²) in [5, 5.41) is 0. The van der Waals surface area contributed by atoms with Gasteiger partial charge >= 0.3 is 6.48 Å². The molecule has 1 N–H and O–H groups in total. The van der Waals surface area contributed by atoms with E-state index in [0.29, 0.717) is 0 Å². The Hall–Kier alpha value is -2.29. The van der Waals surface area contributed by atoms with Crippen LogP contribution >= 0.6 is 0 Å². The van der Waals surface area contributed by atoms with Gasteiger partial charge in [-0.1, -0.05) is 70.6 Å². The van der Waals surface area contributed by atoms with E-state index >= 15 is 0 Å². The highest BCUT2D eigenvalue weighted by Crippen LogP contribution is 2.12. The first-order valence-corrected chi connectivity index (χ1v) is 7.79. The summed E-state index contributed by atoms with van der Waals surface area (Å²) >= 11 is 0. The van der Waals surface area contributed by atoms with Crippen LogP contribution in [0.3, 0.4) is 0 Å². The first-order valence-electron chi connectivity index (χ1n) is 7.79. The fourth-order valence-corrected chi connectivity index (χ4v) is 3.55. The molecule has 0 spiro atoms. The minimum Gasteiger partial charge on any atom is -0.654 e. The molecule has 0 saturated carbocycles. The fraction of sp³-hybridized carbons (Fsp3) is 0.211. The molecule has 0 aliphatic carbocycles. The molecule has 112 valence electrons. The fourth-order valence-electron chi connectivity index (χ4n) is 3.55. The van der Waals surface area contributed by atoms with E-state index in [1.165, 1.54) is 22.1 Å². The molecule has 2 aromatic carbocycles. The maximum atomic E-state index is 6.47. The molecular weight excluding hydrogens is 269 g/mol. The van der Waals surface area contributed by atoms with Crippen LogP contribution in [0.15, 0.2) is 60.4 Å². The Balaban J connectivity index is 2.32. The van der Waals surface area contributed by atoms with Gasteiger partial charge in [-0.05, 0) is 20.8 Å². The largest absolute Gasteiger partial charge is 0.654 e. The van der Waals surface area contributed by atoms with E-state index in [4.69, 9.17) is 4.65 Å². The van der Waals surface area contributed by atoms with E-state index in [-0.39, 0.29) is 0 Å². The lowest BCUT2D eigenvalue weighted by atomic mass is 9.40. The molecule has 1 aliphatic heterocycles. The van der Waals surface area contributed by atoms with Crippen molar-refractivity contribution in [3.63, 3.8) is 0 Å². The minimum absolute atomic E-state index is 0.947. The van der Waals surface area contributed by atoms with E-state index in [2.05, 4.69) is 80.3 Å². The molecule has 0 saturated heterocycles. The van der Waals surface area contributed by atoms with Crippen molar-refractivity contribution in [2.45, 2.75) is 27.7 Å². The average Bonchev–Trinajstić information content (AvgIpc) is 2.47. The molecule has 3 heteroatoms. The summed E-state index contributed by atoms with van der Waals surface area (Å²) in [4.78, 5) is 3.66. The predicted octanol–water partition coefficient (Wildman–Crippen LogP) is 1.34. The number of aryl methyl sites for hydroxylation is 2. The van der Waals surface area contributed by atoms with Crippen LogP contribution < -0.4 is 15.8 Å². The van der Waals surface area contributed by atoms with E-state index in [0.717, 1.165) is 11.5 Å². The summed E-state index contributed by atoms with van der Waals surface area (Å²) < 4.78 is 6.47. The number of nitrogens with one attached hydrogen (secondary N) is 1. The highest BCUT2D eigenvalue weighted by atomic mass is 16.5. The van der Waals surface area contributed by atoms with Crippen LogP contribution in [-0.4, -0.2) is 12.2 Å². The van der Waals surface area contributed by atoms with Crippen molar-refractivity contribution in [1.82, 2.24) is 0 Å². The second-order valence-corrected chi connectivity index (χ2v) is 6.20. The van der Waals surface area contributed by atoms with Crippen molar-refractivity contribution >= 4 is 23.1 Å². The Bertz CT molecular complexity index is 731. The Kier molecular flexibility index (Phi) is 3.65. The number of hydrogen-bond donors (Lipinski definition) is 1. The van der Waals surface area contributed by atoms with Crippen LogP contribution in [-0.2, 0) is 4.65 Å². The van der Waals surface area contributed by atoms with Crippen LogP contribution in [0.4, 0.5) is 0 Å². The molecule has 0 bridgehead atoms.